The Morgan fingerprint density at radius 1 is 1.45 bits per heavy atom. The molecule has 3 nitrogen and oxygen atoms in total. The molecule has 2 unspecified atom stereocenters. The first-order chi connectivity index (χ1) is 5.20. The molecule has 11 heavy (non-hydrogen) atoms. The van der Waals surface area contributed by atoms with Crippen molar-refractivity contribution in [3.05, 3.63) is 0 Å². The summed E-state index contributed by atoms with van der Waals surface area (Å²) in [6, 6.07) is 0. The summed E-state index contributed by atoms with van der Waals surface area (Å²) in [5, 5.41) is 9.34. The van der Waals surface area contributed by atoms with E-state index in [1.807, 2.05) is 6.92 Å². The number of aliphatic hydroxyl groups is 1. The highest BCUT2D eigenvalue weighted by Gasteiger charge is 2.08. The molecule has 0 radical (unpaired) electrons. The molecule has 68 valence electrons. The number of nitrogens with one attached hydrogen (secondary N) is 1. The van der Waals surface area contributed by atoms with Gasteiger partial charge in [-0.1, -0.05) is 0 Å². The van der Waals surface area contributed by atoms with Crippen LogP contribution in [0, 0.1) is 0 Å². The van der Waals surface area contributed by atoms with E-state index in [-0.39, 0.29) is 6.10 Å². The lowest BCUT2D eigenvalue weighted by molar-refractivity contribution is -0.881. The highest BCUT2D eigenvalue weighted by Crippen LogP contribution is 1.80. The largest absolute Gasteiger partial charge is 0.385 e. The fourth-order valence-corrected chi connectivity index (χ4v) is 0.859. The average molecular weight is 162 g/mol. The van der Waals surface area contributed by atoms with Crippen LogP contribution in [0.3, 0.4) is 0 Å². The minimum atomic E-state index is -0.310. The van der Waals surface area contributed by atoms with Crippen molar-refractivity contribution in [2.75, 3.05) is 33.4 Å². The van der Waals surface area contributed by atoms with Gasteiger partial charge in [-0.3, -0.25) is 0 Å². The quantitative estimate of drug-likeness (QED) is 0.521. The molecule has 0 saturated heterocycles. The molecule has 0 heterocycles. The van der Waals surface area contributed by atoms with Crippen molar-refractivity contribution in [1.82, 2.24) is 0 Å². The summed E-state index contributed by atoms with van der Waals surface area (Å²) in [7, 11) is 2.06. The molecule has 0 amide bonds. The maximum atomic E-state index is 9.34. The van der Waals surface area contributed by atoms with Gasteiger partial charge in [0.1, 0.15) is 12.6 Å². The Hall–Kier alpha value is -0.120. The zero-order valence-electron chi connectivity index (χ0n) is 7.76. The Kier molecular flexibility index (Phi) is 6.51. The monoisotopic (exact) mass is 162 g/mol. The summed E-state index contributed by atoms with van der Waals surface area (Å²) >= 11 is 0. The predicted molar refractivity (Wildman–Crippen MR) is 44.8 cm³/mol. The van der Waals surface area contributed by atoms with Gasteiger partial charge in [-0.05, 0) is 13.8 Å². The third kappa shape index (κ3) is 6.28. The first kappa shape index (κ1) is 10.9. The van der Waals surface area contributed by atoms with Crippen LogP contribution < -0.4 is 4.90 Å². The van der Waals surface area contributed by atoms with Crippen LogP contribution in [0.2, 0.25) is 0 Å². The molecule has 0 saturated carbocycles. The molecule has 0 aromatic carbocycles. The Balaban J connectivity index is 3.27. The third-order valence-electron chi connectivity index (χ3n) is 1.70. The number of likely N-dealkylation sites (N-methyl/N-ethyl adjacent to an activating group) is 1. The van der Waals surface area contributed by atoms with Gasteiger partial charge >= 0.3 is 0 Å². The molecule has 0 aliphatic heterocycles. The van der Waals surface area contributed by atoms with Crippen LogP contribution in [0.15, 0.2) is 0 Å². The molecule has 0 aromatic heterocycles. The van der Waals surface area contributed by atoms with Gasteiger partial charge in [-0.15, -0.1) is 0 Å². The Labute approximate surface area is 69.0 Å². The number of rotatable bonds is 6. The maximum Gasteiger partial charge on any atom is 0.126 e. The van der Waals surface area contributed by atoms with Gasteiger partial charge in [-0.2, -0.15) is 0 Å². The molecule has 2 N–H and O–H groups in total. The van der Waals surface area contributed by atoms with E-state index in [0.717, 1.165) is 13.1 Å². The molecule has 0 rings (SSSR count). The van der Waals surface area contributed by atoms with Crippen LogP contribution in [0.1, 0.15) is 13.8 Å². The normalized spacial score (nSPS) is 16.4. The lowest BCUT2D eigenvalue weighted by atomic mass is 10.3. The van der Waals surface area contributed by atoms with E-state index in [2.05, 4.69) is 14.0 Å². The van der Waals surface area contributed by atoms with E-state index in [0.29, 0.717) is 13.2 Å². The highest BCUT2D eigenvalue weighted by atomic mass is 16.5. The van der Waals surface area contributed by atoms with Crippen molar-refractivity contribution >= 4 is 0 Å². The smallest absolute Gasteiger partial charge is 0.126 e. The number of hydrogen-bond donors (Lipinski definition) is 2. The Bertz CT molecular complexity index is 88.2. The van der Waals surface area contributed by atoms with E-state index in [4.69, 9.17) is 4.74 Å². The maximum absolute atomic E-state index is 9.34. The van der Waals surface area contributed by atoms with E-state index in [1.165, 1.54) is 4.90 Å². The number of quaternary nitrogens is 1. The number of ether oxygens (including phenoxy) is 1. The van der Waals surface area contributed by atoms with Gasteiger partial charge in [0.15, 0.2) is 0 Å². The summed E-state index contributed by atoms with van der Waals surface area (Å²) in [6.07, 6.45) is -0.310. The predicted octanol–water partition coefficient (Wildman–Crippen LogP) is -1.08. The topological polar surface area (TPSA) is 33.9 Å². The molecule has 0 aliphatic carbocycles. The van der Waals surface area contributed by atoms with Gasteiger partial charge in [0.2, 0.25) is 0 Å². The zero-order chi connectivity index (χ0) is 8.69. The van der Waals surface area contributed by atoms with Crippen LogP contribution in [0.25, 0.3) is 0 Å². The lowest BCUT2D eigenvalue weighted by Gasteiger charge is -2.15. The SMILES string of the molecule is CCOCC(O)C[NH+](C)CC. The lowest BCUT2D eigenvalue weighted by Crippen LogP contribution is -3.09. The van der Waals surface area contributed by atoms with Crippen LogP contribution in [-0.4, -0.2) is 44.6 Å². The standard InChI is InChI=1S/C8H19NO2/c1-4-9(3)6-8(10)7-11-5-2/h8,10H,4-7H2,1-3H3/p+1. The second-order valence-electron chi connectivity index (χ2n) is 2.83. The zero-order valence-corrected chi connectivity index (χ0v) is 7.76. The van der Waals surface area contributed by atoms with Crippen molar-refractivity contribution in [3.63, 3.8) is 0 Å². The molecule has 0 aromatic rings. The minimum Gasteiger partial charge on any atom is -0.385 e. The summed E-state index contributed by atoms with van der Waals surface area (Å²) in [6.45, 7) is 7.00. The van der Waals surface area contributed by atoms with Crippen LogP contribution in [0.5, 0.6) is 0 Å². The van der Waals surface area contributed by atoms with E-state index in [9.17, 15) is 5.11 Å². The summed E-state index contributed by atoms with van der Waals surface area (Å²) < 4.78 is 5.08. The summed E-state index contributed by atoms with van der Waals surface area (Å²) in [5.41, 5.74) is 0. The fraction of sp³-hybridized carbons (Fsp3) is 1.00. The fourth-order valence-electron chi connectivity index (χ4n) is 0.859. The third-order valence-corrected chi connectivity index (χ3v) is 1.70. The van der Waals surface area contributed by atoms with Gasteiger partial charge in [0.05, 0.1) is 20.2 Å². The van der Waals surface area contributed by atoms with Crippen LogP contribution in [-0.2, 0) is 4.74 Å². The average Bonchev–Trinajstić information content (AvgIpc) is 2.00. The van der Waals surface area contributed by atoms with Crippen LogP contribution >= 0.6 is 0 Å². The second kappa shape index (κ2) is 6.58. The van der Waals surface area contributed by atoms with Crippen molar-refractivity contribution in [1.29, 1.82) is 0 Å². The molecule has 0 bridgehead atoms. The molecule has 2 atom stereocenters. The van der Waals surface area contributed by atoms with Crippen molar-refractivity contribution in [2.24, 2.45) is 0 Å². The highest BCUT2D eigenvalue weighted by molar-refractivity contribution is 4.48. The van der Waals surface area contributed by atoms with Gasteiger partial charge in [0.25, 0.3) is 0 Å². The molecule has 3 heteroatoms. The van der Waals surface area contributed by atoms with E-state index >= 15 is 0 Å². The van der Waals surface area contributed by atoms with Gasteiger partial charge < -0.3 is 14.7 Å². The number of hydrogen-bond acceptors (Lipinski definition) is 2. The van der Waals surface area contributed by atoms with Crippen molar-refractivity contribution < 1.29 is 14.7 Å². The van der Waals surface area contributed by atoms with Gasteiger partial charge in [0, 0.05) is 6.61 Å². The number of aliphatic hydroxyl groups excluding tert-OH is 1. The minimum absolute atomic E-state index is 0.310. The molecule has 0 fully saturated rings. The van der Waals surface area contributed by atoms with Crippen LogP contribution in [0.4, 0.5) is 0 Å². The second-order valence-corrected chi connectivity index (χ2v) is 2.83. The molecular weight excluding hydrogens is 142 g/mol. The Morgan fingerprint density at radius 3 is 2.55 bits per heavy atom. The Morgan fingerprint density at radius 2 is 2.09 bits per heavy atom. The summed E-state index contributed by atoms with van der Waals surface area (Å²) in [5.74, 6) is 0. The van der Waals surface area contributed by atoms with Crippen molar-refractivity contribution in [2.45, 2.75) is 20.0 Å². The van der Waals surface area contributed by atoms with E-state index in [1.54, 1.807) is 0 Å². The van der Waals surface area contributed by atoms with Gasteiger partial charge in [-0.25, -0.2) is 0 Å². The van der Waals surface area contributed by atoms with E-state index < -0.39 is 0 Å². The summed E-state index contributed by atoms with van der Waals surface area (Å²) in [4.78, 5) is 1.33. The molecular formula is C8H20NO2+. The molecule has 0 spiro atoms. The molecule has 0 aliphatic rings. The first-order valence-corrected chi connectivity index (χ1v) is 4.27. The van der Waals surface area contributed by atoms with Crippen molar-refractivity contribution in [3.8, 4) is 0 Å². The first-order valence-electron chi connectivity index (χ1n) is 4.27.